The molecular weight excluding hydrogens is 210 g/mol. The molecule has 0 bridgehead atoms. The van der Waals surface area contributed by atoms with Crippen molar-refractivity contribution in [2.75, 3.05) is 12.3 Å². The highest BCUT2D eigenvalue weighted by atomic mass is 32.2. The van der Waals surface area contributed by atoms with Crippen LogP contribution in [0.1, 0.15) is 32.6 Å². The van der Waals surface area contributed by atoms with Crippen molar-refractivity contribution in [3.8, 4) is 0 Å². The summed E-state index contributed by atoms with van der Waals surface area (Å²) >= 11 is 1.12. The summed E-state index contributed by atoms with van der Waals surface area (Å²) in [5, 5.41) is 7.09. The summed E-state index contributed by atoms with van der Waals surface area (Å²) in [6, 6.07) is 0.402. The van der Waals surface area contributed by atoms with Crippen LogP contribution in [0.5, 0.6) is 0 Å². The maximum absolute atomic E-state index is 11.8. The van der Waals surface area contributed by atoms with Gasteiger partial charge in [-0.25, -0.2) is 0 Å². The van der Waals surface area contributed by atoms with E-state index >= 15 is 0 Å². The van der Waals surface area contributed by atoms with Crippen LogP contribution in [0.25, 0.3) is 0 Å². The molecule has 1 amide bonds. The maximum atomic E-state index is 11.8. The van der Waals surface area contributed by atoms with Crippen LogP contribution in [0.2, 0.25) is 0 Å². The quantitative estimate of drug-likeness (QED) is 0.568. The summed E-state index contributed by atoms with van der Waals surface area (Å²) in [5.41, 5.74) is 5.21. The van der Waals surface area contributed by atoms with Gasteiger partial charge in [0.25, 0.3) is 0 Å². The molecule has 0 radical (unpaired) electrons. The van der Waals surface area contributed by atoms with Crippen LogP contribution >= 0.6 is 11.8 Å². The molecule has 0 aromatic rings. The second-order valence-electron chi connectivity index (χ2n) is 3.80. The van der Waals surface area contributed by atoms with E-state index in [2.05, 4.69) is 6.92 Å². The van der Waals surface area contributed by atoms with Crippen molar-refractivity contribution >= 4 is 22.8 Å². The Morgan fingerprint density at radius 2 is 2.33 bits per heavy atom. The van der Waals surface area contributed by atoms with Crippen LogP contribution in [0.4, 0.5) is 0 Å². The van der Waals surface area contributed by atoms with Gasteiger partial charge in [0.2, 0.25) is 5.91 Å². The van der Waals surface area contributed by atoms with Gasteiger partial charge >= 0.3 is 0 Å². The van der Waals surface area contributed by atoms with Gasteiger partial charge < -0.3 is 10.6 Å². The number of nitrogens with zero attached hydrogens (tertiary/aromatic N) is 1. The third kappa shape index (κ3) is 3.74. The van der Waals surface area contributed by atoms with Crippen molar-refractivity contribution in [3.63, 3.8) is 0 Å². The number of hydrogen-bond acceptors (Lipinski definition) is 3. The summed E-state index contributed by atoms with van der Waals surface area (Å²) < 4.78 is 0. The monoisotopic (exact) mass is 229 g/mol. The fraction of sp³-hybridized carbons (Fsp3) is 0.800. The fourth-order valence-corrected chi connectivity index (χ4v) is 2.42. The molecule has 0 saturated carbocycles. The minimum absolute atomic E-state index is 0.0217. The normalized spacial score (nSPS) is 21.4. The van der Waals surface area contributed by atoms with Crippen LogP contribution in [0.15, 0.2) is 0 Å². The van der Waals surface area contributed by atoms with E-state index in [1.807, 2.05) is 4.90 Å². The summed E-state index contributed by atoms with van der Waals surface area (Å²) in [4.78, 5) is 13.8. The summed E-state index contributed by atoms with van der Waals surface area (Å²) in [7, 11) is 0. The fourth-order valence-electron chi connectivity index (χ4n) is 1.98. The average molecular weight is 229 g/mol. The Kier molecular flexibility index (Phi) is 4.94. The van der Waals surface area contributed by atoms with Crippen LogP contribution < -0.4 is 5.73 Å². The molecule has 0 aromatic heterocycles. The lowest BCUT2D eigenvalue weighted by molar-refractivity contribution is -0.132. The summed E-state index contributed by atoms with van der Waals surface area (Å²) in [5.74, 6) is 0.438. The molecule has 1 aliphatic rings. The minimum Gasteiger partial charge on any atom is -0.379 e. The molecule has 1 heterocycles. The number of hydrogen-bond donors (Lipinski definition) is 2. The maximum Gasteiger partial charge on any atom is 0.233 e. The summed E-state index contributed by atoms with van der Waals surface area (Å²) in [6.45, 7) is 2.99. The van der Waals surface area contributed by atoms with E-state index in [1.54, 1.807) is 0 Å². The van der Waals surface area contributed by atoms with E-state index in [1.165, 1.54) is 6.42 Å². The Balaban J connectivity index is 2.44. The number of thioether (sulfide) groups is 1. The molecule has 1 saturated heterocycles. The first-order chi connectivity index (χ1) is 7.15. The zero-order valence-electron chi connectivity index (χ0n) is 9.16. The van der Waals surface area contributed by atoms with Crippen molar-refractivity contribution in [2.24, 2.45) is 5.73 Å². The molecular formula is C10H19N3OS. The lowest BCUT2D eigenvalue weighted by atomic mass is 10.0. The van der Waals surface area contributed by atoms with E-state index in [0.717, 1.165) is 37.6 Å². The van der Waals surface area contributed by atoms with Crippen molar-refractivity contribution in [1.29, 1.82) is 5.41 Å². The number of carbonyl (C=O) groups is 1. The topological polar surface area (TPSA) is 70.2 Å². The predicted molar refractivity (Wildman–Crippen MR) is 64.0 cm³/mol. The first kappa shape index (κ1) is 12.4. The zero-order chi connectivity index (χ0) is 11.3. The van der Waals surface area contributed by atoms with Crippen molar-refractivity contribution in [1.82, 2.24) is 4.90 Å². The molecule has 15 heavy (non-hydrogen) atoms. The standard InChI is InChI=1S/C10H19N3OS/c1-2-8-5-3-4-6-13(8)9(14)7-15-10(11)12/h8H,2-7H2,1H3,(H3,11,12). The SMILES string of the molecule is CCC1CCCCN1C(=O)CSC(=N)N. The highest BCUT2D eigenvalue weighted by Gasteiger charge is 2.24. The third-order valence-corrected chi connectivity index (χ3v) is 3.47. The second-order valence-corrected chi connectivity index (χ2v) is 4.82. The van der Waals surface area contributed by atoms with Crippen molar-refractivity contribution < 1.29 is 4.79 Å². The lowest BCUT2D eigenvalue weighted by Gasteiger charge is -2.35. The number of likely N-dealkylation sites (tertiary alicyclic amines) is 1. The predicted octanol–water partition coefficient (Wildman–Crippen LogP) is 1.40. The number of amidine groups is 1. The molecule has 0 aliphatic carbocycles. The third-order valence-electron chi connectivity index (χ3n) is 2.77. The number of amides is 1. The highest BCUT2D eigenvalue weighted by molar-refractivity contribution is 8.14. The van der Waals surface area contributed by atoms with E-state index in [9.17, 15) is 4.79 Å². The van der Waals surface area contributed by atoms with E-state index in [-0.39, 0.29) is 11.1 Å². The summed E-state index contributed by atoms with van der Waals surface area (Å²) in [6.07, 6.45) is 4.47. The van der Waals surface area contributed by atoms with E-state index in [0.29, 0.717) is 11.8 Å². The molecule has 1 unspecified atom stereocenters. The Bertz CT molecular complexity index is 245. The first-order valence-corrected chi connectivity index (χ1v) is 6.40. The van der Waals surface area contributed by atoms with Gasteiger partial charge in [-0.3, -0.25) is 10.2 Å². The van der Waals surface area contributed by atoms with Gasteiger partial charge in [-0.05, 0) is 25.7 Å². The van der Waals surface area contributed by atoms with Crippen LogP contribution in [0, 0.1) is 5.41 Å². The van der Waals surface area contributed by atoms with Gasteiger partial charge in [0, 0.05) is 12.6 Å². The van der Waals surface area contributed by atoms with Crippen LogP contribution in [0.3, 0.4) is 0 Å². The number of carbonyl (C=O) groups excluding carboxylic acids is 1. The molecule has 1 rings (SSSR count). The van der Waals surface area contributed by atoms with Gasteiger partial charge in [0.1, 0.15) is 0 Å². The zero-order valence-corrected chi connectivity index (χ0v) is 9.98. The van der Waals surface area contributed by atoms with Gasteiger partial charge in [-0.1, -0.05) is 18.7 Å². The average Bonchev–Trinajstić information content (AvgIpc) is 2.25. The number of rotatable bonds is 3. The van der Waals surface area contributed by atoms with Gasteiger partial charge in [0.05, 0.1) is 5.75 Å². The first-order valence-electron chi connectivity index (χ1n) is 5.41. The molecule has 1 fully saturated rings. The molecule has 86 valence electrons. The largest absolute Gasteiger partial charge is 0.379 e. The number of nitrogens with one attached hydrogen (secondary N) is 1. The van der Waals surface area contributed by atoms with Crippen molar-refractivity contribution in [2.45, 2.75) is 38.6 Å². The Morgan fingerprint density at radius 3 is 2.93 bits per heavy atom. The molecule has 3 N–H and O–H groups in total. The van der Waals surface area contributed by atoms with Gasteiger partial charge in [0.15, 0.2) is 5.17 Å². The number of piperidine rings is 1. The smallest absolute Gasteiger partial charge is 0.233 e. The molecule has 1 atom stereocenters. The molecule has 5 heteroatoms. The van der Waals surface area contributed by atoms with Crippen LogP contribution in [-0.2, 0) is 4.79 Å². The van der Waals surface area contributed by atoms with Gasteiger partial charge in [-0.15, -0.1) is 0 Å². The Labute approximate surface area is 95.1 Å². The Hall–Kier alpha value is -0.710. The molecule has 0 spiro atoms. The van der Waals surface area contributed by atoms with E-state index < -0.39 is 0 Å². The molecule has 0 aromatic carbocycles. The van der Waals surface area contributed by atoms with Crippen molar-refractivity contribution in [3.05, 3.63) is 0 Å². The number of nitrogens with two attached hydrogens (primary N) is 1. The molecule has 1 aliphatic heterocycles. The molecule has 4 nitrogen and oxygen atoms in total. The highest BCUT2D eigenvalue weighted by Crippen LogP contribution is 2.20. The van der Waals surface area contributed by atoms with Crippen LogP contribution in [-0.4, -0.2) is 34.3 Å². The van der Waals surface area contributed by atoms with E-state index in [4.69, 9.17) is 11.1 Å². The lowest BCUT2D eigenvalue weighted by Crippen LogP contribution is -2.44. The minimum atomic E-state index is 0.0217. The van der Waals surface area contributed by atoms with Gasteiger partial charge in [-0.2, -0.15) is 0 Å². The Morgan fingerprint density at radius 1 is 1.60 bits per heavy atom. The second kappa shape index (κ2) is 6.00.